The number of halogens is 1. The van der Waals surface area contributed by atoms with E-state index in [2.05, 4.69) is 27.4 Å². The van der Waals surface area contributed by atoms with Gasteiger partial charge in [-0.3, -0.25) is 20.4 Å². The molecule has 0 saturated heterocycles. The number of alkyl halides is 1. The average molecular weight is 360 g/mol. The highest BCUT2D eigenvalue weighted by molar-refractivity contribution is 5.86. The van der Waals surface area contributed by atoms with Gasteiger partial charge in [-0.1, -0.05) is 24.0 Å². The normalized spacial score (nSPS) is 15.3. The van der Waals surface area contributed by atoms with Gasteiger partial charge in [0, 0.05) is 18.3 Å². The van der Waals surface area contributed by atoms with Crippen molar-refractivity contribution in [1.82, 2.24) is 21.0 Å². The number of hydroxylamine groups is 1. The number of hydrogen-bond acceptors (Lipinski definition) is 5. The number of aromatic amines is 1. The van der Waals surface area contributed by atoms with Gasteiger partial charge in [0.1, 0.15) is 17.8 Å². The number of carbonyl (C=O) groups excluding carboxylic acids is 1. The van der Waals surface area contributed by atoms with Gasteiger partial charge in [0.15, 0.2) is 0 Å². The minimum atomic E-state index is -2.00. The van der Waals surface area contributed by atoms with Gasteiger partial charge in [-0.15, -0.1) is 0 Å². The zero-order chi connectivity index (χ0) is 19.2. The Labute approximate surface area is 150 Å². The Balaban J connectivity index is 2.09. The summed E-state index contributed by atoms with van der Waals surface area (Å²) in [6.45, 7) is 1.52. The number of rotatable bonds is 6. The Morgan fingerprint density at radius 2 is 1.92 bits per heavy atom. The molecule has 2 unspecified atom stereocenters. The van der Waals surface area contributed by atoms with Crippen LogP contribution in [0.25, 0.3) is 0 Å². The molecule has 1 amide bonds. The van der Waals surface area contributed by atoms with E-state index in [1.54, 1.807) is 36.7 Å². The molecule has 0 fully saturated rings. The van der Waals surface area contributed by atoms with Gasteiger partial charge in [-0.05, 0) is 31.5 Å². The Kier molecular flexibility index (Phi) is 6.10. The fraction of sp³-hybridized carbons (Fsp3) is 0.333. The van der Waals surface area contributed by atoms with E-state index >= 15 is 0 Å². The molecular weight excluding hydrogens is 339 g/mol. The van der Waals surface area contributed by atoms with E-state index in [4.69, 9.17) is 5.21 Å². The Morgan fingerprint density at radius 3 is 2.46 bits per heavy atom. The summed E-state index contributed by atoms with van der Waals surface area (Å²) in [5.41, 5.74) is 0.100. The summed E-state index contributed by atoms with van der Waals surface area (Å²) in [5.74, 6) is 5.01. The van der Waals surface area contributed by atoms with E-state index in [1.165, 1.54) is 19.3 Å². The third-order valence-corrected chi connectivity index (χ3v) is 4.34. The number of carbonyl (C=O) groups is 1. The van der Waals surface area contributed by atoms with Crippen LogP contribution in [0, 0.1) is 11.8 Å². The van der Waals surface area contributed by atoms with Crippen LogP contribution in [0.4, 0.5) is 4.39 Å². The van der Waals surface area contributed by atoms with Gasteiger partial charge in [-0.25, -0.2) is 9.87 Å². The van der Waals surface area contributed by atoms with Gasteiger partial charge in [0.2, 0.25) is 0 Å². The van der Waals surface area contributed by atoms with Crippen LogP contribution in [0.15, 0.2) is 36.7 Å². The lowest BCUT2D eigenvalue weighted by Gasteiger charge is -2.39. The summed E-state index contributed by atoms with van der Waals surface area (Å²) >= 11 is 0. The second-order valence-electron chi connectivity index (χ2n) is 6.26. The van der Waals surface area contributed by atoms with E-state index in [0.29, 0.717) is 0 Å². The molecular formula is C18H21FN4O3. The van der Waals surface area contributed by atoms with Gasteiger partial charge in [-0.2, -0.15) is 5.10 Å². The molecule has 26 heavy (non-hydrogen) atoms. The second kappa shape index (κ2) is 8.10. The number of nitrogens with one attached hydrogen (secondary N) is 3. The molecule has 0 aliphatic heterocycles. The van der Waals surface area contributed by atoms with Gasteiger partial charge >= 0.3 is 0 Å². The molecule has 0 bridgehead atoms. The van der Waals surface area contributed by atoms with Gasteiger partial charge in [0.05, 0.1) is 11.8 Å². The fourth-order valence-electron chi connectivity index (χ4n) is 2.21. The average Bonchev–Trinajstić information content (AvgIpc) is 3.18. The molecule has 1 aromatic carbocycles. The van der Waals surface area contributed by atoms with Crippen LogP contribution in [0.2, 0.25) is 0 Å². The second-order valence-corrected chi connectivity index (χ2v) is 6.26. The smallest absolute Gasteiger partial charge is 0.266 e. The summed E-state index contributed by atoms with van der Waals surface area (Å²) in [7, 11) is 0. The molecule has 2 atom stereocenters. The molecule has 7 nitrogen and oxygen atoms in total. The molecule has 0 aliphatic rings. The fourth-order valence-corrected chi connectivity index (χ4v) is 2.21. The van der Waals surface area contributed by atoms with E-state index in [9.17, 15) is 14.3 Å². The van der Waals surface area contributed by atoms with E-state index < -0.39 is 23.7 Å². The summed E-state index contributed by atoms with van der Waals surface area (Å²) in [4.78, 5) is 11.9. The molecule has 0 aliphatic carbocycles. The van der Waals surface area contributed by atoms with Crippen molar-refractivity contribution in [2.24, 2.45) is 0 Å². The lowest BCUT2D eigenvalue weighted by atomic mass is 9.82. The van der Waals surface area contributed by atoms with E-state index in [0.717, 1.165) is 16.7 Å². The highest BCUT2D eigenvalue weighted by Crippen LogP contribution is 2.24. The molecule has 138 valence electrons. The van der Waals surface area contributed by atoms with Crippen molar-refractivity contribution in [3.8, 4) is 11.8 Å². The minimum Gasteiger partial charge on any atom is -0.385 e. The third-order valence-electron chi connectivity index (χ3n) is 4.34. The molecule has 0 saturated carbocycles. The minimum absolute atomic E-state index is 0.176. The Hall–Kier alpha value is -2.73. The third kappa shape index (κ3) is 4.26. The van der Waals surface area contributed by atoms with Crippen LogP contribution < -0.4 is 10.8 Å². The largest absolute Gasteiger partial charge is 0.385 e. The van der Waals surface area contributed by atoms with Crippen molar-refractivity contribution >= 4 is 5.91 Å². The monoisotopic (exact) mass is 360 g/mol. The van der Waals surface area contributed by atoms with Crippen molar-refractivity contribution in [1.29, 1.82) is 0 Å². The molecule has 1 heterocycles. The maximum Gasteiger partial charge on any atom is 0.266 e. The molecule has 1 aromatic heterocycles. The lowest BCUT2D eigenvalue weighted by Crippen LogP contribution is -2.68. The summed E-state index contributed by atoms with van der Waals surface area (Å²) < 4.78 is 13.2. The predicted molar refractivity (Wildman–Crippen MR) is 92.8 cm³/mol. The van der Waals surface area contributed by atoms with Crippen molar-refractivity contribution in [3.05, 3.63) is 53.3 Å². The van der Waals surface area contributed by atoms with Crippen molar-refractivity contribution in [2.75, 3.05) is 6.67 Å². The van der Waals surface area contributed by atoms with Crippen LogP contribution in [0.5, 0.6) is 0 Å². The van der Waals surface area contributed by atoms with Gasteiger partial charge < -0.3 is 5.11 Å². The number of aliphatic hydroxyl groups is 1. The van der Waals surface area contributed by atoms with Crippen molar-refractivity contribution in [3.63, 3.8) is 0 Å². The number of nitrogens with zero attached hydrogens (tertiary/aromatic N) is 1. The maximum atomic E-state index is 13.2. The molecule has 0 radical (unpaired) electrons. The Morgan fingerprint density at radius 1 is 1.27 bits per heavy atom. The maximum absolute atomic E-state index is 13.2. The standard InChI is InChI=1S/C18H21FN4O3/c1-17(25,12-19)18(2,16(24)23-26)20-9-14-6-3-13(4-7-14)5-8-15-10-21-22-11-15/h3-4,6-7,10-11,20,25-26H,9,12H2,1-2H3,(H,21,22)(H,23,24). The zero-order valence-electron chi connectivity index (χ0n) is 14.5. The quantitative estimate of drug-likeness (QED) is 0.298. The van der Waals surface area contributed by atoms with E-state index in [-0.39, 0.29) is 6.54 Å². The number of hydrogen-bond donors (Lipinski definition) is 5. The first-order valence-electron chi connectivity index (χ1n) is 7.90. The molecule has 5 N–H and O–H groups in total. The van der Waals surface area contributed by atoms with E-state index in [1.807, 2.05) is 0 Å². The number of aromatic nitrogens is 2. The lowest BCUT2D eigenvalue weighted by molar-refractivity contribution is -0.148. The van der Waals surface area contributed by atoms with Gasteiger partial charge in [0.25, 0.3) is 5.91 Å². The van der Waals surface area contributed by atoms with Crippen molar-refractivity contribution in [2.45, 2.75) is 31.5 Å². The number of amides is 1. The van der Waals surface area contributed by atoms with Crippen LogP contribution >= 0.6 is 0 Å². The Bertz CT molecular complexity index is 794. The highest BCUT2D eigenvalue weighted by atomic mass is 19.1. The van der Waals surface area contributed by atoms with Crippen LogP contribution in [0.1, 0.15) is 30.5 Å². The number of H-pyrrole nitrogens is 1. The first kappa shape index (κ1) is 19.6. The summed E-state index contributed by atoms with van der Waals surface area (Å²) in [6, 6.07) is 7.21. The highest BCUT2D eigenvalue weighted by Gasteiger charge is 2.49. The first-order valence-corrected chi connectivity index (χ1v) is 7.90. The molecule has 2 rings (SSSR count). The summed E-state index contributed by atoms with van der Waals surface area (Å²) in [5, 5.41) is 28.4. The molecule has 0 spiro atoms. The van der Waals surface area contributed by atoms with Crippen molar-refractivity contribution < 1.29 is 19.5 Å². The van der Waals surface area contributed by atoms with Crippen LogP contribution in [-0.4, -0.2) is 44.2 Å². The zero-order valence-corrected chi connectivity index (χ0v) is 14.5. The topological polar surface area (TPSA) is 110 Å². The molecule has 2 aromatic rings. The van der Waals surface area contributed by atoms with Crippen LogP contribution in [0.3, 0.4) is 0 Å². The first-order chi connectivity index (χ1) is 12.3. The summed E-state index contributed by atoms with van der Waals surface area (Å²) in [6.07, 6.45) is 3.31. The van der Waals surface area contributed by atoms with Crippen LogP contribution in [-0.2, 0) is 11.3 Å². The predicted octanol–water partition coefficient (Wildman–Crippen LogP) is 0.884. The number of benzene rings is 1. The SMILES string of the molecule is CC(O)(CF)C(C)(NCc1ccc(C#Cc2cn[nH]c2)cc1)C(=O)NO. The molecule has 8 heteroatoms.